The molecule has 4 nitrogen and oxygen atoms in total. The predicted octanol–water partition coefficient (Wildman–Crippen LogP) is 3.08. The molecule has 106 valence electrons. The van der Waals surface area contributed by atoms with Gasteiger partial charge in [0.25, 0.3) is 7.59 Å². The molecule has 0 amide bonds. The van der Waals surface area contributed by atoms with Crippen LogP contribution in [0.4, 0.5) is 0 Å². The largest absolute Gasteiger partial charge is 0.286 e. The summed E-state index contributed by atoms with van der Waals surface area (Å²) >= 11 is 0. The highest BCUT2D eigenvalue weighted by Crippen LogP contribution is 2.55. The van der Waals surface area contributed by atoms with Crippen molar-refractivity contribution in [2.75, 3.05) is 35.2 Å². The molecule has 0 aliphatic heterocycles. The second-order valence-corrected chi connectivity index (χ2v) is 8.13. The Morgan fingerprint density at radius 3 is 1.89 bits per heavy atom. The first-order valence-corrected chi connectivity index (χ1v) is 7.78. The lowest BCUT2D eigenvalue weighted by atomic mass is 10.1. The molecule has 0 aliphatic carbocycles. The van der Waals surface area contributed by atoms with E-state index < -0.39 is 7.59 Å². The minimum atomic E-state index is -2.76. The van der Waals surface area contributed by atoms with Crippen LogP contribution in [0.25, 0.3) is 0 Å². The molecule has 0 heterocycles. The number of hydrogen-bond donors (Lipinski definition) is 0. The van der Waals surface area contributed by atoms with Crippen LogP contribution in [0, 0.1) is 0 Å². The molecule has 0 aromatic heterocycles. The van der Waals surface area contributed by atoms with Gasteiger partial charge in [-0.1, -0.05) is 36.4 Å². The topological polar surface area (TPSA) is 26.8 Å². The average Bonchev–Trinajstić information content (AvgIpc) is 2.39. The van der Waals surface area contributed by atoms with Crippen LogP contribution in [-0.2, 0) is 4.57 Å². The fourth-order valence-electron chi connectivity index (χ4n) is 2.24. The first-order valence-electron chi connectivity index (χ1n) is 6.22. The highest BCUT2D eigenvalue weighted by atomic mass is 31.2. The molecule has 0 fully saturated rings. The van der Waals surface area contributed by atoms with Crippen LogP contribution in [0.1, 0.15) is 11.6 Å². The third kappa shape index (κ3) is 3.15. The Kier molecular flexibility index (Phi) is 5.50. The third-order valence-corrected chi connectivity index (χ3v) is 6.38. The van der Waals surface area contributed by atoms with Crippen LogP contribution in [0.3, 0.4) is 0 Å². The van der Waals surface area contributed by atoms with E-state index in [4.69, 9.17) is 0 Å². The quantitative estimate of drug-likeness (QED) is 0.591. The number of hydrogen-bond acceptors (Lipinski definition) is 1. The fourth-order valence-corrected chi connectivity index (χ4v) is 4.63. The van der Waals surface area contributed by atoms with Gasteiger partial charge in [0.05, 0.1) is 6.04 Å². The minimum Gasteiger partial charge on any atom is -0.270 e. The van der Waals surface area contributed by atoms with E-state index >= 15 is 0 Å². The molecule has 0 radical (unpaired) electrons. The van der Waals surface area contributed by atoms with Crippen molar-refractivity contribution in [1.29, 1.82) is 0 Å². The Hall–Kier alpha value is -0.930. The van der Waals surface area contributed by atoms with Crippen molar-refractivity contribution in [1.82, 2.24) is 14.0 Å². The van der Waals surface area contributed by atoms with Gasteiger partial charge >= 0.3 is 0 Å². The van der Waals surface area contributed by atoms with E-state index in [0.717, 1.165) is 5.56 Å². The average molecular weight is 281 g/mol. The van der Waals surface area contributed by atoms with E-state index in [1.54, 1.807) is 9.34 Å². The molecule has 5 heteroatoms. The zero-order valence-corrected chi connectivity index (χ0v) is 13.3. The van der Waals surface area contributed by atoms with E-state index in [2.05, 4.69) is 6.58 Å². The zero-order valence-electron chi connectivity index (χ0n) is 12.4. The first kappa shape index (κ1) is 16.1. The monoisotopic (exact) mass is 281 g/mol. The molecule has 0 aliphatic rings. The molecule has 0 saturated heterocycles. The Balaban J connectivity index is 3.18. The van der Waals surface area contributed by atoms with E-state index in [0.29, 0.717) is 0 Å². The Morgan fingerprint density at radius 1 is 1.05 bits per heavy atom. The van der Waals surface area contributed by atoms with Gasteiger partial charge in [-0.3, -0.25) is 4.57 Å². The van der Waals surface area contributed by atoms with Gasteiger partial charge in [0.2, 0.25) is 0 Å². The molecule has 1 unspecified atom stereocenters. The molecular weight excluding hydrogens is 257 g/mol. The van der Waals surface area contributed by atoms with Gasteiger partial charge in [-0.05, 0) is 40.8 Å². The van der Waals surface area contributed by atoms with Crippen LogP contribution in [-0.4, -0.2) is 49.2 Å². The molecule has 0 spiro atoms. The lowest BCUT2D eigenvalue weighted by Gasteiger charge is -2.40. The summed E-state index contributed by atoms with van der Waals surface area (Å²) in [7, 11) is 6.45. The summed E-state index contributed by atoms with van der Waals surface area (Å²) < 4.78 is 18.6. The zero-order chi connectivity index (χ0) is 14.6. The number of likely N-dealkylation sites (N-methyl/N-ethyl adjacent to an activating group) is 1. The van der Waals surface area contributed by atoms with E-state index in [-0.39, 0.29) is 6.04 Å². The van der Waals surface area contributed by atoms with Crippen molar-refractivity contribution in [3.05, 3.63) is 48.6 Å². The Morgan fingerprint density at radius 2 is 1.53 bits per heavy atom. The maximum atomic E-state index is 13.2. The third-order valence-electron chi connectivity index (χ3n) is 3.22. The smallest absolute Gasteiger partial charge is 0.270 e. The van der Waals surface area contributed by atoms with Crippen molar-refractivity contribution in [2.45, 2.75) is 6.04 Å². The maximum Gasteiger partial charge on any atom is 0.286 e. The second kappa shape index (κ2) is 6.49. The van der Waals surface area contributed by atoms with Crippen LogP contribution in [0.2, 0.25) is 0 Å². The van der Waals surface area contributed by atoms with Crippen molar-refractivity contribution in [2.24, 2.45) is 0 Å². The van der Waals surface area contributed by atoms with Gasteiger partial charge in [0.15, 0.2) is 0 Å². The SMILES string of the molecule is C=CC(c1ccccc1)N(C)P(=O)(N(C)C)N(C)C. The van der Waals surface area contributed by atoms with E-state index in [1.165, 1.54) is 0 Å². The fraction of sp³-hybridized carbons (Fsp3) is 0.429. The van der Waals surface area contributed by atoms with Gasteiger partial charge in [-0.15, -0.1) is 6.58 Å². The summed E-state index contributed by atoms with van der Waals surface area (Å²) in [5, 5.41) is 0. The molecule has 0 saturated carbocycles. The van der Waals surface area contributed by atoms with E-state index in [9.17, 15) is 4.57 Å². The van der Waals surface area contributed by atoms with Crippen molar-refractivity contribution in [3.63, 3.8) is 0 Å². The number of nitrogens with zero attached hydrogens (tertiary/aromatic N) is 3. The molecule has 1 rings (SSSR count). The van der Waals surface area contributed by atoms with Crippen molar-refractivity contribution in [3.8, 4) is 0 Å². The lowest BCUT2D eigenvalue weighted by Crippen LogP contribution is -2.34. The number of benzene rings is 1. The minimum absolute atomic E-state index is 0.0863. The molecule has 0 N–H and O–H groups in total. The Bertz CT molecular complexity index is 447. The Labute approximate surface area is 116 Å². The summed E-state index contributed by atoms with van der Waals surface area (Å²) in [6.07, 6.45) is 1.83. The van der Waals surface area contributed by atoms with Crippen molar-refractivity contribution >= 4 is 7.59 Å². The van der Waals surface area contributed by atoms with Crippen molar-refractivity contribution < 1.29 is 4.57 Å². The predicted molar refractivity (Wildman–Crippen MR) is 82.1 cm³/mol. The summed E-state index contributed by atoms with van der Waals surface area (Å²) in [5.41, 5.74) is 1.09. The molecule has 19 heavy (non-hydrogen) atoms. The van der Waals surface area contributed by atoms with Crippen LogP contribution < -0.4 is 0 Å². The van der Waals surface area contributed by atoms with Crippen LogP contribution >= 0.6 is 7.59 Å². The van der Waals surface area contributed by atoms with E-state index in [1.807, 2.05) is 76.3 Å². The first-order chi connectivity index (χ1) is 8.85. The second-order valence-electron chi connectivity index (χ2n) is 4.87. The van der Waals surface area contributed by atoms with Gasteiger partial charge in [-0.2, -0.15) is 0 Å². The highest BCUT2D eigenvalue weighted by molar-refractivity contribution is 7.56. The molecular formula is C14H24N3OP. The van der Waals surface area contributed by atoms with Gasteiger partial charge in [-0.25, -0.2) is 14.0 Å². The molecule has 0 bridgehead atoms. The van der Waals surface area contributed by atoms with Gasteiger partial charge < -0.3 is 0 Å². The van der Waals surface area contributed by atoms with Crippen LogP contribution in [0.15, 0.2) is 43.0 Å². The lowest BCUT2D eigenvalue weighted by molar-refractivity contribution is 0.333. The standard InChI is InChI=1S/C14H24N3OP/c1-7-14(13-11-9-8-10-12-13)17(6)19(18,15(2)3)16(4)5/h7-12,14H,1H2,2-6H3. The molecule has 1 aromatic rings. The van der Waals surface area contributed by atoms with Gasteiger partial charge in [0.1, 0.15) is 0 Å². The maximum absolute atomic E-state index is 13.2. The number of rotatable bonds is 6. The molecule has 1 aromatic carbocycles. The van der Waals surface area contributed by atoms with Crippen LogP contribution in [0.5, 0.6) is 0 Å². The summed E-state index contributed by atoms with van der Waals surface area (Å²) in [6, 6.07) is 9.90. The highest BCUT2D eigenvalue weighted by Gasteiger charge is 2.36. The van der Waals surface area contributed by atoms with Gasteiger partial charge in [0, 0.05) is 0 Å². The summed E-state index contributed by atoms with van der Waals surface area (Å²) in [6.45, 7) is 3.89. The summed E-state index contributed by atoms with van der Waals surface area (Å²) in [5.74, 6) is 0. The summed E-state index contributed by atoms with van der Waals surface area (Å²) in [4.78, 5) is 0. The normalized spacial score (nSPS) is 14.1. The molecule has 1 atom stereocenters.